The standard InChI is InChI=1S/C68H56N2O/c1-41-45(5)67(69(50-24-13-9-14-25-50)51-26-15-10-16-27-51)46(6)42(2)64(41)49-36-37-56-61-39-58-54-32-21-22-33-55(54)60(40-59(58)57-34-23-35-62(66(57)61)71-63(56)38-49)65-43(3)47(7)68(48(8)44(65)4)70(52-28-17-11-18-29-52)53-30-19-12-20-31-53/h9-40H,1-8H3. The van der Waals surface area contributed by atoms with E-state index in [2.05, 4.69) is 259 Å². The van der Waals surface area contributed by atoms with Gasteiger partial charge in [0.25, 0.3) is 0 Å². The van der Waals surface area contributed by atoms with E-state index in [1.807, 2.05) is 0 Å². The lowest BCUT2D eigenvalue weighted by atomic mass is 9.82. The second-order valence-electron chi connectivity index (χ2n) is 19.4. The van der Waals surface area contributed by atoms with Gasteiger partial charge in [-0.15, -0.1) is 0 Å². The number of nitrogens with zero attached hydrogens (tertiary/aromatic N) is 2. The molecule has 344 valence electrons. The van der Waals surface area contributed by atoms with E-state index in [0.717, 1.165) is 50.8 Å². The Morgan fingerprint density at radius 2 is 0.690 bits per heavy atom. The topological polar surface area (TPSA) is 15.7 Å². The molecule has 71 heavy (non-hydrogen) atoms. The molecule has 3 nitrogen and oxygen atoms in total. The minimum Gasteiger partial charge on any atom is -0.456 e. The molecule has 11 aromatic carbocycles. The van der Waals surface area contributed by atoms with Crippen LogP contribution in [0.3, 0.4) is 0 Å². The Morgan fingerprint density at radius 1 is 0.282 bits per heavy atom. The van der Waals surface area contributed by atoms with Gasteiger partial charge in [0.2, 0.25) is 0 Å². The van der Waals surface area contributed by atoms with E-state index >= 15 is 0 Å². The summed E-state index contributed by atoms with van der Waals surface area (Å²) in [6.07, 6.45) is 0. The van der Waals surface area contributed by atoms with Crippen LogP contribution in [0.1, 0.15) is 44.5 Å². The van der Waals surface area contributed by atoms with Crippen molar-refractivity contribution in [2.75, 3.05) is 9.80 Å². The predicted octanol–water partition coefficient (Wildman–Crippen LogP) is 19.7. The SMILES string of the molecule is Cc1c(C)c(N(c2ccccc2)c2ccccc2)c(C)c(C)c1-c1ccc2c(c1)Oc1cccc3c1c-2cc1c2ccccc2c(-c2c(C)c(C)c(N(c4ccccc4)c4ccccc4)c(C)c2C)cc31. The van der Waals surface area contributed by atoms with Crippen molar-refractivity contribution in [3.05, 3.63) is 239 Å². The van der Waals surface area contributed by atoms with Crippen molar-refractivity contribution in [2.45, 2.75) is 55.4 Å². The van der Waals surface area contributed by atoms with Gasteiger partial charge in [0, 0.05) is 33.7 Å². The number of ether oxygens (including phenoxy) is 1. The summed E-state index contributed by atoms with van der Waals surface area (Å²) < 4.78 is 7.05. The molecular weight excluding hydrogens is 861 g/mol. The molecule has 0 atom stereocenters. The summed E-state index contributed by atoms with van der Waals surface area (Å²) in [4.78, 5) is 4.83. The molecule has 0 spiro atoms. The number of anilines is 6. The summed E-state index contributed by atoms with van der Waals surface area (Å²) in [5, 5.41) is 7.34. The molecule has 1 heterocycles. The number of fused-ring (bicyclic) bond motifs is 6. The van der Waals surface area contributed by atoms with Crippen molar-refractivity contribution >= 4 is 66.4 Å². The highest BCUT2D eigenvalue weighted by Crippen LogP contribution is 2.53. The fourth-order valence-corrected chi connectivity index (χ4v) is 11.8. The molecule has 1 aliphatic rings. The first-order valence-electron chi connectivity index (χ1n) is 24.9. The minimum atomic E-state index is 0.883. The highest BCUT2D eigenvalue weighted by atomic mass is 16.5. The highest BCUT2D eigenvalue weighted by Gasteiger charge is 2.28. The van der Waals surface area contributed by atoms with Crippen LogP contribution in [-0.4, -0.2) is 0 Å². The summed E-state index contributed by atoms with van der Waals surface area (Å²) in [5.74, 6) is 1.77. The van der Waals surface area contributed by atoms with E-state index in [9.17, 15) is 0 Å². The molecule has 3 heteroatoms. The molecule has 12 rings (SSSR count). The van der Waals surface area contributed by atoms with E-state index in [1.54, 1.807) is 0 Å². The lowest BCUT2D eigenvalue weighted by Crippen LogP contribution is -2.15. The van der Waals surface area contributed by atoms with Gasteiger partial charge < -0.3 is 14.5 Å². The molecule has 0 radical (unpaired) electrons. The first-order chi connectivity index (χ1) is 34.6. The molecular formula is C68H56N2O. The molecule has 0 unspecified atom stereocenters. The van der Waals surface area contributed by atoms with Crippen molar-refractivity contribution in [3.63, 3.8) is 0 Å². The number of para-hydroxylation sites is 4. The Balaban J connectivity index is 1.01. The van der Waals surface area contributed by atoms with Gasteiger partial charge in [-0.1, -0.05) is 115 Å². The summed E-state index contributed by atoms with van der Waals surface area (Å²) in [6.45, 7) is 18.3. The third-order valence-electron chi connectivity index (χ3n) is 15.7. The van der Waals surface area contributed by atoms with Crippen LogP contribution in [0.4, 0.5) is 34.1 Å². The van der Waals surface area contributed by atoms with Gasteiger partial charge in [-0.25, -0.2) is 0 Å². The van der Waals surface area contributed by atoms with Crippen LogP contribution in [0.25, 0.3) is 65.7 Å². The maximum atomic E-state index is 7.05. The maximum Gasteiger partial charge on any atom is 0.135 e. The summed E-state index contributed by atoms with van der Waals surface area (Å²) in [6, 6.07) is 70.3. The van der Waals surface area contributed by atoms with E-state index in [1.165, 1.54) is 105 Å². The van der Waals surface area contributed by atoms with Gasteiger partial charge in [0.15, 0.2) is 0 Å². The van der Waals surface area contributed by atoms with Crippen molar-refractivity contribution in [1.82, 2.24) is 0 Å². The van der Waals surface area contributed by atoms with Crippen LogP contribution in [0.2, 0.25) is 0 Å². The smallest absolute Gasteiger partial charge is 0.135 e. The Kier molecular flexibility index (Phi) is 10.6. The van der Waals surface area contributed by atoms with E-state index < -0.39 is 0 Å². The highest BCUT2D eigenvalue weighted by molar-refractivity contribution is 6.25. The molecule has 0 aliphatic carbocycles. The van der Waals surface area contributed by atoms with E-state index in [4.69, 9.17) is 4.74 Å². The average molecular weight is 917 g/mol. The van der Waals surface area contributed by atoms with E-state index in [0.29, 0.717) is 0 Å². The molecule has 0 N–H and O–H groups in total. The maximum absolute atomic E-state index is 7.05. The largest absolute Gasteiger partial charge is 0.456 e. The molecule has 0 aromatic heterocycles. The fourth-order valence-electron chi connectivity index (χ4n) is 11.8. The second-order valence-corrected chi connectivity index (χ2v) is 19.4. The molecule has 11 aromatic rings. The first-order valence-corrected chi connectivity index (χ1v) is 24.9. The first kappa shape index (κ1) is 43.9. The van der Waals surface area contributed by atoms with Gasteiger partial charge in [-0.05, 0) is 234 Å². The number of hydrogen-bond donors (Lipinski definition) is 0. The van der Waals surface area contributed by atoms with Crippen molar-refractivity contribution in [3.8, 4) is 44.9 Å². The Bertz CT molecular complexity index is 3780. The lowest BCUT2D eigenvalue weighted by Gasteiger charge is -2.32. The molecule has 0 fully saturated rings. The average Bonchev–Trinajstić information content (AvgIpc) is 3.41. The van der Waals surface area contributed by atoms with Gasteiger partial charge in [0.05, 0.1) is 11.4 Å². The lowest BCUT2D eigenvalue weighted by molar-refractivity contribution is 0.487. The Morgan fingerprint density at radius 3 is 1.18 bits per heavy atom. The molecule has 0 amide bonds. The van der Waals surface area contributed by atoms with Crippen molar-refractivity contribution < 1.29 is 4.74 Å². The fraction of sp³-hybridized carbons (Fsp3) is 0.118. The normalized spacial score (nSPS) is 11.8. The summed E-state index contributed by atoms with van der Waals surface area (Å²) in [7, 11) is 0. The van der Waals surface area contributed by atoms with Gasteiger partial charge in [-0.3, -0.25) is 0 Å². The zero-order valence-corrected chi connectivity index (χ0v) is 41.8. The molecule has 1 aliphatic heterocycles. The van der Waals surface area contributed by atoms with Crippen LogP contribution < -0.4 is 14.5 Å². The summed E-state index contributed by atoms with van der Waals surface area (Å²) >= 11 is 0. The zero-order valence-electron chi connectivity index (χ0n) is 41.8. The Hall–Kier alpha value is -8.40. The second kappa shape index (κ2) is 17.2. The summed E-state index contributed by atoms with van der Waals surface area (Å²) in [5.41, 5.74) is 24.5. The third kappa shape index (κ3) is 6.94. The van der Waals surface area contributed by atoms with Crippen molar-refractivity contribution in [2.24, 2.45) is 0 Å². The minimum absolute atomic E-state index is 0.883. The monoisotopic (exact) mass is 916 g/mol. The third-order valence-corrected chi connectivity index (χ3v) is 15.7. The van der Waals surface area contributed by atoms with Crippen molar-refractivity contribution in [1.29, 1.82) is 0 Å². The molecule has 0 bridgehead atoms. The van der Waals surface area contributed by atoms with Crippen LogP contribution in [0.5, 0.6) is 11.5 Å². The van der Waals surface area contributed by atoms with Crippen LogP contribution in [0, 0.1) is 55.4 Å². The van der Waals surface area contributed by atoms with Gasteiger partial charge in [-0.2, -0.15) is 0 Å². The van der Waals surface area contributed by atoms with Gasteiger partial charge in [0.1, 0.15) is 11.5 Å². The van der Waals surface area contributed by atoms with Crippen LogP contribution in [0.15, 0.2) is 194 Å². The number of benzene rings is 11. The zero-order chi connectivity index (χ0) is 48.7. The number of hydrogen-bond acceptors (Lipinski definition) is 3. The molecule has 0 saturated heterocycles. The van der Waals surface area contributed by atoms with Crippen LogP contribution >= 0.6 is 0 Å². The Labute approximate surface area is 417 Å². The number of rotatable bonds is 8. The van der Waals surface area contributed by atoms with Crippen LogP contribution in [-0.2, 0) is 0 Å². The molecule has 0 saturated carbocycles. The van der Waals surface area contributed by atoms with Gasteiger partial charge >= 0.3 is 0 Å². The van der Waals surface area contributed by atoms with E-state index in [-0.39, 0.29) is 0 Å². The predicted molar refractivity (Wildman–Crippen MR) is 303 cm³/mol. The quantitative estimate of drug-likeness (QED) is 0.141.